The predicted molar refractivity (Wildman–Crippen MR) is 123 cm³/mol. The summed E-state index contributed by atoms with van der Waals surface area (Å²) in [5.74, 6) is -5.89. The molecule has 1 heterocycles. The van der Waals surface area contributed by atoms with Gasteiger partial charge < -0.3 is 53.5 Å². The van der Waals surface area contributed by atoms with E-state index < -0.39 is 66.9 Å². The van der Waals surface area contributed by atoms with Crippen LogP contribution in [-0.2, 0) is 30.4 Å². The van der Waals surface area contributed by atoms with Gasteiger partial charge in [-0.1, -0.05) is 0 Å². The lowest BCUT2D eigenvalue weighted by molar-refractivity contribution is -0.144. The second kappa shape index (κ2) is 14.9. The highest BCUT2D eigenvalue weighted by molar-refractivity contribution is 5.95. The van der Waals surface area contributed by atoms with E-state index >= 15 is 0 Å². The SMILES string of the molecule is NC(N)=NCCCC(N)C(=O)NC(CC(=O)O)C(=O)NC(Cc1cnc[nH]1)C(=O)NC(CO)C(=O)O. The summed E-state index contributed by atoms with van der Waals surface area (Å²) < 4.78 is 0. The van der Waals surface area contributed by atoms with Crippen molar-refractivity contribution in [2.45, 2.75) is 49.9 Å². The molecule has 36 heavy (non-hydrogen) atoms. The molecule has 3 amide bonds. The van der Waals surface area contributed by atoms with Gasteiger partial charge in [0.1, 0.15) is 18.1 Å². The minimum absolute atomic E-state index is 0.131. The quantitative estimate of drug-likeness (QED) is 0.0566. The van der Waals surface area contributed by atoms with E-state index in [1.165, 1.54) is 12.5 Å². The summed E-state index contributed by atoms with van der Waals surface area (Å²) in [5, 5.41) is 34.0. The van der Waals surface area contributed by atoms with E-state index in [0.29, 0.717) is 12.1 Å². The van der Waals surface area contributed by atoms with Crippen LogP contribution in [0, 0.1) is 0 Å². The molecule has 0 saturated heterocycles. The van der Waals surface area contributed by atoms with Gasteiger partial charge in [0, 0.05) is 24.9 Å². The second-order valence-electron chi connectivity index (χ2n) is 7.64. The molecule has 0 aliphatic carbocycles. The maximum Gasteiger partial charge on any atom is 0.328 e. The molecule has 200 valence electrons. The third kappa shape index (κ3) is 10.8. The number of rotatable bonds is 16. The summed E-state index contributed by atoms with van der Waals surface area (Å²) in [7, 11) is 0. The van der Waals surface area contributed by atoms with Crippen LogP contribution in [0.25, 0.3) is 0 Å². The van der Waals surface area contributed by atoms with Crippen molar-refractivity contribution in [3.8, 4) is 0 Å². The number of nitrogens with zero attached hydrogens (tertiary/aromatic N) is 2. The minimum Gasteiger partial charge on any atom is -0.481 e. The Balaban J connectivity index is 2.95. The number of aliphatic hydroxyl groups excluding tert-OH is 1. The van der Waals surface area contributed by atoms with Crippen molar-refractivity contribution >= 4 is 35.6 Å². The highest BCUT2D eigenvalue weighted by atomic mass is 16.4. The first-order valence-corrected chi connectivity index (χ1v) is 10.7. The number of carboxylic acids is 2. The number of aromatic nitrogens is 2. The third-order valence-corrected chi connectivity index (χ3v) is 4.73. The van der Waals surface area contributed by atoms with Crippen molar-refractivity contribution in [1.29, 1.82) is 0 Å². The smallest absolute Gasteiger partial charge is 0.328 e. The number of amides is 3. The highest BCUT2D eigenvalue weighted by Gasteiger charge is 2.31. The highest BCUT2D eigenvalue weighted by Crippen LogP contribution is 2.04. The zero-order valence-electron chi connectivity index (χ0n) is 19.2. The molecule has 0 aliphatic rings. The number of aliphatic hydroxyl groups is 1. The standard InChI is InChI=1S/C19H31N9O8/c20-10(2-1-3-24-19(21)22)15(32)26-12(5-14(30)31)17(34)27-11(4-9-6-23-8-25-9)16(33)28-13(7-29)18(35)36/h6,8,10-13,29H,1-5,7,20H2,(H,23,25)(H,26,32)(H,27,34)(H,28,33)(H,30,31)(H,35,36)(H4,21,22,24). The molecule has 13 N–H and O–H groups in total. The Morgan fingerprint density at radius 3 is 2.14 bits per heavy atom. The number of hydrogen-bond donors (Lipinski definition) is 10. The van der Waals surface area contributed by atoms with Crippen LogP contribution in [0.2, 0.25) is 0 Å². The number of carboxylic acid groups (broad SMARTS) is 2. The zero-order chi connectivity index (χ0) is 27.3. The second-order valence-corrected chi connectivity index (χ2v) is 7.64. The Kier molecular flexibility index (Phi) is 12.3. The van der Waals surface area contributed by atoms with E-state index in [-0.39, 0.29) is 25.3 Å². The molecule has 1 aromatic rings. The van der Waals surface area contributed by atoms with Crippen LogP contribution in [0.4, 0.5) is 0 Å². The van der Waals surface area contributed by atoms with Crippen molar-refractivity contribution < 1.29 is 39.3 Å². The van der Waals surface area contributed by atoms with Crippen molar-refractivity contribution in [3.63, 3.8) is 0 Å². The van der Waals surface area contributed by atoms with Gasteiger partial charge in [-0.3, -0.25) is 24.2 Å². The zero-order valence-corrected chi connectivity index (χ0v) is 19.2. The molecule has 0 saturated carbocycles. The van der Waals surface area contributed by atoms with Gasteiger partial charge in [-0.05, 0) is 12.8 Å². The number of nitrogens with two attached hydrogens (primary N) is 3. The van der Waals surface area contributed by atoms with Crippen LogP contribution in [-0.4, -0.2) is 98.2 Å². The van der Waals surface area contributed by atoms with Crippen molar-refractivity contribution in [1.82, 2.24) is 25.9 Å². The fraction of sp³-hybridized carbons (Fsp3) is 0.526. The van der Waals surface area contributed by atoms with Crippen molar-refractivity contribution in [2.24, 2.45) is 22.2 Å². The van der Waals surface area contributed by atoms with E-state index in [1.54, 1.807) is 0 Å². The predicted octanol–water partition coefficient (Wildman–Crippen LogP) is -4.66. The van der Waals surface area contributed by atoms with Crippen molar-refractivity contribution in [2.75, 3.05) is 13.2 Å². The molecule has 17 nitrogen and oxygen atoms in total. The fourth-order valence-corrected chi connectivity index (χ4v) is 2.87. The average Bonchev–Trinajstić information content (AvgIpc) is 3.31. The van der Waals surface area contributed by atoms with Gasteiger partial charge in [0.15, 0.2) is 5.96 Å². The Bertz CT molecular complexity index is 933. The van der Waals surface area contributed by atoms with Crippen LogP contribution in [0.15, 0.2) is 17.5 Å². The molecular weight excluding hydrogens is 482 g/mol. The first-order chi connectivity index (χ1) is 16.9. The lowest BCUT2D eigenvalue weighted by Gasteiger charge is -2.24. The number of aliphatic imine (C=N–C) groups is 1. The lowest BCUT2D eigenvalue weighted by atomic mass is 10.1. The molecule has 4 unspecified atom stereocenters. The molecule has 0 aromatic carbocycles. The maximum atomic E-state index is 12.9. The first kappa shape index (κ1) is 29.8. The van der Waals surface area contributed by atoms with Crippen LogP contribution >= 0.6 is 0 Å². The third-order valence-electron chi connectivity index (χ3n) is 4.73. The van der Waals surface area contributed by atoms with E-state index in [1.807, 2.05) is 0 Å². The summed E-state index contributed by atoms with van der Waals surface area (Å²) in [4.78, 5) is 70.6. The molecular formula is C19H31N9O8. The van der Waals surface area contributed by atoms with Crippen LogP contribution in [0.5, 0.6) is 0 Å². The Morgan fingerprint density at radius 1 is 1.00 bits per heavy atom. The van der Waals surface area contributed by atoms with Gasteiger partial charge >= 0.3 is 11.9 Å². The fourth-order valence-electron chi connectivity index (χ4n) is 2.87. The molecule has 0 aliphatic heterocycles. The summed E-state index contributed by atoms with van der Waals surface area (Å²) in [6, 6.07) is -5.77. The number of H-pyrrole nitrogens is 1. The number of aromatic amines is 1. The summed E-state index contributed by atoms with van der Waals surface area (Å²) in [6.07, 6.45) is 2.11. The molecule has 4 atom stereocenters. The first-order valence-electron chi connectivity index (χ1n) is 10.7. The Labute approximate surface area is 204 Å². The van der Waals surface area contributed by atoms with E-state index in [0.717, 1.165) is 0 Å². The van der Waals surface area contributed by atoms with Crippen LogP contribution < -0.4 is 33.2 Å². The number of carbonyl (C=O) groups is 5. The largest absolute Gasteiger partial charge is 0.481 e. The topological polar surface area (TPSA) is 301 Å². The van der Waals surface area contributed by atoms with Gasteiger partial charge in [-0.15, -0.1) is 0 Å². The van der Waals surface area contributed by atoms with Gasteiger partial charge in [-0.2, -0.15) is 0 Å². The molecule has 1 aromatic heterocycles. The number of aliphatic carboxylic acids is 2. The monoisotopic (exact) mass is 513 g/mol. The van der Waals surface area contributed by atoms with Crippen LogP contribution in [0.3, 0.4) is 0 Å². The van der Waals surface area contributed by atoms with Crippen molar-refractivity contribution in [3.05, 3.63) is 18.2 Å². The number of hydrogen-bond acceptors (Lipinski definition) is 9. The van der Waals surface area contributed by atoms with Gasteiger partial charge in [-0.25, -0.2) is 9.78 Å². The Morgan fingerprint density at radius 2 is 1.61 bits per heavy atom. The molecule has 0 radical (unpaired) electrons. The number of imidazole rings is 1. The lowest BCUT2D eigenvalue weighted by Crippen LogP contribution is -2.58. The van der Waals surface area contributed by atoms with Gasteiger partial charge in [0.25, 0.3) is 0 Å². The van der Waals surface area contributed by atoms with E-state index in [4.69, 9.17) is 27.4 Å². The number of guanidine groups is 1. The minimum atomic E-state index is -1.65. The summed E-state index contributed by atoms with van der Waals surface area (Å²) >= 11 is 0. The number of nitrogens with one attached hydrogen (secondary N) is 4. The van der Waals surface area contributed by atoms with E-state index in [9.17, 15) is 29.1 Å². The summed E-state index contributed by atoms with van der Waals surface area (Å²) in [5.41, 5.74) is 16.6. The average molecular weight is 514 g/mol. The Hall–Kier alpha value is -4.25. The molecule has 0 fully saturated rings. The van der Waals surface area contributed by atoms with E-state index in [2.05, 4.69) is 30.9 Å². The normalized spacial score (nSPS) is 13.9. The van der Waals surface area contributed by atoms with Gasteiger partial charge in [0.05, 0.1) is 25.4 Å². The summed E-state index contributed by atoms with van der Waals surface area (Å²) in [6.45, 7) is -0.706. The van der Waals surface area contributed by atoms with Crippen LogP contribution in [0.1, 0.15) is 25.0 Å². The van der Waals surface area contributed by atoms with Gasteiger partial charge in [0.2, 0.25) is 17.7 Å². The number of carbonyl (C=O) groups excluding carboxylic acids is 3. The molecule has 0 bridgehead atoms. The molecule has 17 heteroatoms. The molecule has 0 spiro atoms. The molecule has 1 rings (SSSR count). The maximum absolute atomic E-state index is 12.9.